The molecule has 3 aliphatic carbocycles. The Labute approximate surface area is 277 Å². The molecule has 3 saturated carbocycles. The zero-order valence-electron chi connectivity index (χ0n) is 30.1. The third-order valence-electron chi connectivity index (χ3n) is 13.1. The molecule has 3 aliphatic rings. The molecule has 0 radical (unpaired) electrons. The summed E-state index contributed by atoms with van der Waals surface area (Å²) in [4.78, 5) is 0. The maximum atomic E-state index is 7.01. The van der Waals surface area contributed by atoms with Gasteiger partial charge in [-0.2, -0.15) is 0 Å². The molecule has 3 rings (SSSR count). The molecule has 266 valence electrons. The van der Waals surface area contributed by atoms with Crippen LogP contribution in [-0.2, 0) is 14.2 Å². The molecule has 3 unspecified atom stereocenters. The molecule has 0 saturated heterocycles. The van der Waals surface area contributed by atoms with Crippen LogP contribution in [0.25, 0.3) is 0 Å². The number of hydrogen-bond donors (Lipinski definition) is 5. The van der Waals surface area contributed by atoms with E-state index in [-0.39, 0.29) is 23.0 Å². The van der Waals surface area contributed by atoms with Gasteiger partial charge >= 0.3 is 0 Å². The molecule has 0 aliphatic heterocycles. The fourth-order valence-corrected chi connectivity index (χ4v) is 10.1. The second-order valence-corrected chi connectivity index (χ2v) is 15.5. The monoisotopic (exact) mass is 638 g/mol. The third kappa shape index (κ3) is 9.65. The molecule has 45 heavy (non-hydrogen) atoms. The molecule has 0 heterocycles. The van der Waals surface area contributed by atoms with Crippen molar-refractivity contribution in [3.8, 4) is 0 Å². The van der Waals surface area contributed by atoms with E-state index in [2.05, 4.69) is 39.9 Å². The van der Waals surface area contributed by atoms with Gasteiger partial charge in [-0.1, -0.05) is 41.0 Å². The lowest BCUT2D eigenvalue weighted by Gasteiger charge is -2.66. The fourth-order valence-electron chi connectivity index (χ4n) is 10.1. The minimum absolute atomic E-state index is 0.0676. The molecule has 11 atom stereocenters. The molecular formula is C37H75N5O3. The van der Waals surface area contributed by atoms with Crippen LogP contribution in [0.4, 0.5) is 0 Å². The Kier molecular flexibility index (Phi) is 17.1. The van der Waals surface area contributed by atoms with Gasteiger partial charge in [0.2, 0.25) is 0 Å². The van der Waals surface area contributed by atoms with Crippen LogP contribution >= 0.6 is 0 Å². The molecule has 0 aromatic rings. The van der Waals surface area contributed by atoms with Crippen molar-refractivity contribution in [3.05, 3.63) is 0 Å². The number of ether oxygens (including phenoxy) is 3. The Morgan fingerprint density at radius 3 is 2.04 bits per heavy atom. The molecule has 3 fully saturated rings. The zero-order chi connectivity index (χ0) is 32.9. The lowest BCUT2D eigenvalue weighted by atomic mass is 9.41. The van der Waals surface area contributed by atoms with Crippen LogP contribution in [0.3, 0.4) is 0 Å². The second kappa shape index (κ2) is 19.6. The Morgan fingerprint density at radius 2 is 1.40 bits per heavy atom. The quantitative estimate of drug-likeness (QED) is 0.104. The molecular weight excluding hydrogens is 562 g/mol. The molecule has 0 spiro atoms. The van der Waals surface area contributed by atoms with Crippen LogP contribution in [0.5, 0.6) is 0 Å². The first-order valence-electron chi connectivity index (χ1n) is 19.1. The van der Waals surface area contributed by atoms with E-state index in [0.29, 0.717) is 61.2 Å². The van der Waals surface area contributed by atoms with E-state index in [4.69, 9.17) is 37.1 Å². The molecule has 9 N–H and O–H groups in total. The van der Waals surface area contributed by atoms with Crippen LogP contribution < -0.4 is 28.3 Å². The number of fused-ring (bicyclic) bond motifs is 3. The van der Waals surface area contributed by atoms with Gasteiger partial charge < -0.3 is 42.5 Å². The summed E-state index contributed by atoms with van der Waals surface area (Å²) in [5.41, 5.74) is 23.8. The lowest BCUT2D eigenvalue weighted by Crippen LogP contribution is -2.64. The Balaban J connectivity index is 1.91. The summed E-state index contributed by atoms with van der Waals surface area (Å²) in [5, 5.41) is 3.59. The second-order valence-electron chi connectivity index (χ2n) is 15.5. The van der Waals surface area contributed by atoms with E-state index in [1.165, 1.54) is 19.3 Å². The standard InChI is InChI=1S/C37H75N5O3/c1-6-31-35-32(36(4)14-13-30(43-21-9-16-39)24-29(36)25-33(35)44-22-10-17-40)26-34(45-23-11-18-41)37(31,5)28(3)27(2)12-7-19-42-20-8-15-38/h27-35,42H,6-26,38-41H2,1-5H3/t27-,28?,29?,30-,31+,32+,33-,34+,35?,36+,37-/m1/s1. The van der Waals surface area contributed by atoms with E-state index in [0.717, 1.165) is 97.2 Å². The molecule has 8 heteroatoms. The highest BCUT2D eigenvalue weighted by Gasteiger charge is 2.64. The van der Waals surface area contributed by atoms with Gasteiger partial charge in [-0.25, -0.2) is 0 Å². The van der Waals surface area contributed by atoms with Gasteiger partial charge in [-0.15, -0.1) is 0 Å². The Morgan fingerprint density at radius 1 is 0.778 bits per heavy atom. The first-order valence-corrected chi connectivity index (χ1v) is 19.1. The summed E-state index contributed by atoms with van der Waals surface area (Å²) in [6.07, 6.45) is 14.0. The highest BCUT2D eigenvalue weighted by molar-refractivity contribution is 5.12. The van der Waals surface area contributed by atoms with E-state index < -0.39 is 0 Å². The normalized spacial score (nSPS) is 36.3. The van der Waals surface area contributed by atoms with Crippen molar-refractivity contribution in [2.75, 3.05) is 59.1 Å². The minimum atomic E-state index is 0.0676. The van der Waals surface area contributed by atoms with Crippen molar-refractivity contribution in [2.24, 2.45) is 69.3 Å². The Hall–Kier alpha value is -0.320. The highest BCUT2D eigenvalue weighted by atomic mass is 16.5. The van der Waals surface area contributed by atoms with E-state index in [9.17, 15) is 0 Å². The molecule has 0 amide bonds. The summed E-state index contributed by atoms with van der Waals surface area (Å²) in [5.74, 6) is 3.42. The van der Waals surface area contributed by atoms with E-state index >= 15 is 0 Å². The first-order chi connectivity index (χ1) is 21.7. The van der Waals surface area contributed by atoms with Crippen molar-refractivity contribution >= 4 is 0 Å². The zero-order valence-corrected chi connectivity index (χ0v) is 30.1. The average Bonchev–Trinajstić information content (AvgIpc) is 3.03. The molecule has 0 aromatic carbocycles. The van der Waals surface area contributed by atoms with Gasteiger partial charge in [0.25, 0.3) is 0 Å². The van der Waals surface area contributed by atoms with Crippen LogP contribution in [0, 0.1) is 46.3 Å². The summed E-state index contributed by atoms with van der Waals surface area (Å²) in [6.45, 7) is 19.9. The van der Waals surface area contributed by atoms with Crippen molar-refractivity contribution in [2.45, 2.75) is 130 Å². The predicted molar refractivity (Wildman–Crippen MR) is 188 cm³/mol. The van der Waals surface area contributed by atoms with Gasteiger partial charge in [-0.05, 0) is 156 Å². The molecule has 0 bridgehead atoms. The van der Waals surface area contributed by atoms with Crippen molar-refractivity contribution in [1.29, 1.82) is 0 Å². The van der Waals surface area contributed by atoms with Crippen molar-refractivity contribution in [3.63, 3.8) is 0 Å². The molecule has 8 nitrogen and oxygen atoms in total. The summed E-state index contributed by atoms with van der Waals surface area (Å²) in [6, 6.07) is 0. The van der Waals surface area contributed by atoms with Crippen molar-refractivity contribution in [1.82, 2.24) is 5.32 Å². The topological polar surface area (TPSA) is 144 Å². The number of rotatable bonds is 22. The van der Waals surface area contributed by atoms with Crippen LogP contribution in [0.1, 0.15) is 112 Å². The van der Waals surface area contributed by atoms with Crippen LogP contribution in [0.15, 0.2) is 0 Å². The van der Waals surface area contributed by atoms with Gasteiger partial charge in [0, 0.05) is 19.8 Å². The lowest BCUT2D eigenvalue weighted by molar-refractivity contribution is -0.239. The van der Waals surface area contributed by atoms with Gasteiger partial charge in [0.15, 0.2) is 0 Å². The van der Waals surface area contributed by atoms with Gasteiger partial charge in [-0.3, -0.25) is 0 Å². The van der Waals surface area contributed by atoms with Gasteiger partial charge in [0.05, 0.1) is 18.3 Å². The fraction of sp³-hybridized carbons (Fsp3) is 1.00. The minimum Gasteiger partial charge on any atom is -0.378 e. The average molecular weight is 638 g/mol. The van der Waals surface area contributed by atoms with E-state index in [1.807, 2.05) is 0 Å². The SMILES string of the molecule is CC[C@H]1C2[C@H](OCCCN)CC3C[C@H](OCCCN)CC[C@]3(C)[C@H]2C[C@H](OCCCN)[C@]1(C)C(C)[C@H](C)CCCNCCCN. The summed E-state index contributed by atoms with van der Waals surface area (Å²) in [7, 11) is 0. The van der Waals surface area contributed by atoms with Gasteiger partial charge in [0.1, 0.15) is 0 Å². The third-order valence-corrected chi connectivity index (χ3v) is 13.1. The maximum absolute atomic E-state index is 7.01. The number of nitrogens with two attached hydrogens (primary N) is 4. The largest absolute Gasteiger partial charge is 0.378 e. The van der Waals surface area contributed by atoms with E-state index in [1.54, 1.807) is 0 Å². The Bertz CT molecular complexity index is 806. The summed E-state index contributed by atoms with van der Waals surface area (Å²) >= 11 is 0. The highest BCUT2D eigenvalue weighted by Crippen LogP contribution is 2.66. The number of nitrogens with one attached hydrogen (secondary N) is 1. The number of hydrogen-bond acceptors (Lipinski definition) is 8. The first kappa shape index (κ1) is 39.1. The smallest absolute Gasteiger partial charge is 0.0637 e. The predicted octanol–water partition coefficient (Wildman–Crippen LogP) is 5.06. The van der Waals surface area contributed by atoms with Crippen LogP contribution in [0.2, 0.25) is 0 Å². The van der Waals surface area contributed by atoms with Crippen molar-refractivity contribution < 1.29 is 14.2 Å². The van der Waals surface area contributed by atoms with Crippen LogP contribution in [-0.4, -0.2) is 77.4 Å². The summed E-state index contributed by atoms with van der Waals surface area (Å²) < 4.78 is 20.3. The maximum Gasteiger partial charge on any atom is 0.0637 e. The molecule has 0 aromatic heterocycles.